The molecule has 0 amide bonds. The first-order valence-electron chi connectivity index (χ1n) is 7.48. The zero-order chi connectivity index (χ0) is 14.7. The third kappa shape index (κ3) is 3.39. The normalized spacial score (nSPS) is 13.2. The fourth-order valence-corrected chi connectivity index (χ4v) is 3.12. The van der Waals surface area contributed by atoms with E-state index >= 15 is 0 Å². The van der Waals surface area contributed by atoms with Crippen LogP contribution in [0.4, 0.5) is 0 Å². The Labute approximate surface area is 130 Å². The number of hydrogen-bond donors (Lipinski definition) is 1. The third-order valence-corrected chi connectivity index (χ3v) is 4.28. The third-order valence-electron chi connectivity index (χ3n) is 3.99. The predicted octanol–water partition coefficient (Wildman–Crippen LogP) is 3.91. The van der Waals surface area contributed by atoms with Gasteiger partial charge in [0.1, 0.15) is 12.4 Å². The maximum atomic E-state index is 6.26. The van der Waals surface area contributed by atoms with Gasteiger partial charge >= 0.3 is 0 Å². The van der Waals surface area contributed by atoms with E-state index in [1.807, 2.05) is 18.2 Å². The Balaban J connectivity index is 1.67. The van der Waals surface area contributed by atoms with Crippen LogP contribution in [0.2, 0.25) is 5.02 Å². The first-order chi connectivity index (χ1) is 10.3. The molecule has 2 nitrogen and oxygen atoms in total. The monoisotopic (exact) mass is 301 g/mol. The number of aryl methyl sites for hydroxylation is 2. The lowest BCUT2D eigenvalue weighted by Gasteiger charge is -2.10. The molecule has 0 fully saturated rings. The van der Waals surface area contributed by atoms with Gasteiger partial charge in [0.25, 0.3) is 0 Å². The van der Waals surface area contributed by atoms with E-state index in [1.54, 1.807) is 0 Å². The van der Waals surface area contributed by atoms with Crippen LogP contribution in [-0.4, -0.2) is 6.54 Å². The molecule has 0 saturated heterocycles. The lowest BCUT2D eigenvalue weighted by Crippen LogP contribution is -2.03. The molecule has 0 atom stereocenters. The first-order valence-corrected chi connectivity index (χ1v) is 7.86. The summed E-state index contributed by atoms with van der Waals surface area (Å²) in [7, 11) is 0. The molecular weight excluding hydrogens is 282 g/mol. The fourth-order valence-electron chi connectivity index (χ4n) is 2.86. The Morgan fingerprint density at radius 2 is 1.81 bits per heavy atom. The van der Waals surface area contributed by atoms with Crippen molar-refractivity contribution >= 4 is 11.6 Å². The van der Waals surface area contributed by atoms with Crippen LogP contribution < -0.4 is 10.5 Å². The van der Waals surface area contributed by atoms with E-state index in [4.69, 9.17) is 22.1 Å². The summed E-state index contributed by atoms with van der Waals surface area (Å²) in [5.41, 5.74) is 10.9. The van der Waals surface area contributed by atoms with Gasteiger partial charge in [-0.3, -0.25) is 0 Å². The molecule has 0 bridgehead atoms. The van der Waals surface area contributed by atoms with Crippen molar-refractivity contribution in [2.75, 3.05) is 6.54 Å². The van der Waals surface area contributed by atoms with Crippen molar-refractivity contribution in [3.8, 4) is 5.75 Å². The Hall–Kier alpha value is -1.51. The maximum Gasteiger partial charge on any atom is 0.138 e. The van der Waals surface area contributed by atoms with Crippen LogP contribution in [0.15, 0.2) is 36.4 Å². The standard InChI is InChI=1S/C18H20ClNO/c19-17-11-13(8-9-20)5-7-18(17)21-12-14-4-6-15-2-1-3-16(15)10-14/h4-7,10-11H,1-3,8-9,12,20H2. The molecule has 0 aromatic heterocycles. The van der Waals surface area contributed by atoms with Gasteiger partial charge in [-0.2, -0.15) is 0 Å². The highest BCUT2D eigenvalue weighted by atomic mass is 35.5. The van der Waals surface area contributed by atoms with Gasteiger partial charge in [-0.25, -0.2) is 0 Å². The van der Waals surface area contributed by atoms with Crippen molar-refractivity contribution in [1.29, 1.82) is 0 Å². The van der Waals surface area contributed by atoms with Crippen molar-refractivity contribution in [1.82, 2.24) is 0 Å². The molecule has 110 valence electrons. The zero-order valence-electron chi connectivity index (χ0n) is 12.1. The van der Waals surface area contributed by atoms with Gasteiger partial charge in [0.05, 0.1) is 5.02 Å². The van der Waals surface area contributed by atoms with Crippen LogP contribution in [0.5, 0.6) is 5.75 Å². The van der Waals surface area contributed by atoms with Crippen molar-refractivity contribution < 1.29 is 4.74 Å². The van der Waals surface area contributed by atoms with E-state index in [-0.39, 0.29) is 0 Å². The molecule has 21 heavy (non-hydrogen) atoms. The lowest BCUT2D eigenvalue weighted by atomic mass is 10.1. The highest BCUT2D eigenvalue weighted by molar-refractivity contribution is 6.32. The van der Waals surface area contributed by atoms with Gasteiger partial charge in [0, 0.05) is 0 Å². The number of ether oxygens (including phenoxy) is 1. The predicted molar refractivity (Wildman–Crippen MR) is 87.0 cm³/mol. The van der Waals surface area contributed by atoms with Crippen molar-refractivity contribution in [2.24, 2.45) is 5.73 Å². The van der Waals surface area contributed by atoms with E-state index in [9.17, 15) is 0 Å². The fraction of sp³-hybridized carbons (Fsp3) is 0.333. The van der Waals surface area contributed by atoms with E-state index in [2.05, 4.69) is 18.2 Å². The first kappa shape index (κ1) is 14.4. The summed E-state index contributed by atoms with van der Waals surface area (Å²) < 4.78 is 5.85. The molecule has 0 heterocycles. The van der Waals surface area contributed by atoms with Crippen LogP contribution in [0.3, 0.4) is 0 Å². The maximum absolute atomic E-state index is 6.26. The van der Waals surface area contributed by atoms with Gasteiger partial charge in [-0.1, -0.05) is 35.9 Å². The molecule has 1 aliphatic rings. The van der Waals surface area contributed by atoms with Crippen LogP contribution in [0.25, 0.3) is 0 Å². The average Bonchev–Trinajstić information content (AvgIpc) is 2.94. The van der Waals surface area contributed by atoms with Crippen molar-refractivity contribution in [3.05, 3.63) is 63.7 Å². The van der Waals surface area contributed by atoms with Gasteiger partial charge in [-0.15, -0.1) is 0 Å². The second-order valence-corrected chi connectivity index (χ2v) is 5.96. The van der Waals surface area contributed by atoms with E-state index in [0.29, 0.717) is 18.2 Å². The molecule has 2 N–H and O–H groups in total. The Kier molecular flexibility index (Phi) is 4.47. The summed E-state index contributed by atoms with van der Waals surface area (Å²) >= 11 is 6.26. The van der Waals surface area contributed by atoms with E-state index in [1.165, 1.54) is 36.0 Å². The number of halogens is 1. The number of fused-ring (bicyclic) bond motifs is 1. The second-order valence-electron chi connectivity index (χ2n) is 5.55. The summed E-state index contributed by atoms with van der Waals surface area (Å²) in [4.78, 5) is 0. The van der Waals surface area contributed by atoms with Gasteiger partial charge in [0.2, 0.25) is 0 Å². The Morgan fingerprint density at radius 1 is 1.00 bits per heavy atom. The molecule has 3 heteroatoms. The van der Waals surface area contributed by atoms with Crippen LogP contribution in [0.1, 0.15) is 28.7 Å². The molecule has 2 aromatic rings. The zero-order valence-corrected chi connectivity index (χ0v) is 12.8. The molecule has 1 aliphatic carbocycles. The minimum atomic E-state index is 0.559. The topological polar surface area (TPSA) is 35.2 Å². The SMILES string of the molecule is NCCc1ccc(OCc2ccc3c(c2)CCC3)c(Cl)c1. The minimum absolute atomic E-state index is 0.559. The smallest absolute Gasteiger partial charge is 0.138 e. The summed E-state index contributed by atoms with van der Waals surface area (Å²) in [5.74, 6) is 0.734. The molecule has 2 aromatic carbocycles. The minimum Gasteiger partial charge on any atom is -0.487 e. The summed E-state index contributed by atoms with van der Waals surface area (Å²) in [6.45, 7) is 1.19. The van der Waals surface area contributed by atoms with Gasteiger partial charge in [-0.05, 0) is 66.6 Å². The van der Waals surface area contributed by atoms with Crippen LogP contribution in [-0.2, 0) is 25.9 Å². The number of benzene rings is 2. The number of hydrogen-bond acceptors (Lipinski definition) is 2. The highest BCUT2D eigenvalue weighted by Gasteiger charge is 2.11. The molecule has 0 aliphatic heterocycles. The summed E-state index contributed by atoms with van der Waals surface area (Å²) in [6.07, 6.45) is 4.52. The van der Waals surface area contributed by atoms with E-state index < -0.39 is 0 Å². The van der Waals surface area contributed by atoms with Gasteiger partial charge < -0.3 is 10.5 Å². The lowest BCUT2D eigenvalue weighted by molar-refractivity contribution is 0.306. The van der Waals surface area contributed by atoms with Crippen molar-refractivity contribution in [3.63, 3.8) is 0 Å². The van der Waals surface area contributed by atoms with Gasteiger partial charge in [0.15, 0.2) is 0 Å². The molecular formula is C18H20ClNO. The summed E-state index contributed by atoms with van der Waals surface area (Å²) in [5, 5.41) is 0.655. The Morgan fingerprint density at radius 3 is 2.62 bits per heavy atom. The highest BCUT2D eigenvalue weighted by Crippen LogP contribution is 2.27. The molecule has 3 rings (SSSR count). The number of nitrogens with two attached hydrogens (primary N) is 1. The average molecular weight is 302 g/mol. The Bertz CT molecular complexity index is 639. The molecule has 0 spiro atoms. The number of rotatable bonds is 5. The van der Waals surface area contributed by atoms with E-state index in [0.717, 1.165) is 17.7 Å². The van der Waals surface area contributed by atoms with Crippen LogP contribution in [0, 0.1) is 0 Å². The quantitative estimate of drug-likeness (QED) is 0.909. The van der Waals surface area contributed by atoms with Crippen molar-refractivity contribution in [2.45, 2.75) is 32.3 Å². The van der Waals surface area contributed by atoms with Crippen LogP contribution >= 0.6 is 11.6 Å². The largest absolute Gasteiger partial charge is 0.487 e. The second kappa shape index (κ2) is 6.50. The molecule has 0 unspecified atom stereocenters. The summed E-state index contributed by atoms with van der Waals surface area (Å²) in [6, 6.07) is 12.5. The molecule has 0 radical (unpaired) electrons. The molecule has 0 saturated carbocycles.